The van der Waals surface area contributed by atoms with Gasteiger partial charge in [-0.25, -0.2) is 0 Å². The monoisotopic (exact) mass is 390 g/mol. The Labute approximate surface area is 165 Å². The number of hydrogen-bond donors (Lipinski definition) is 1. The molecule has 0 fully saturated rings. The summed E-state index contributed by atoms with van der Waals surface area (Å²) >= 11 is 5.87. The summed E-state index contributed by atoms with van der Waals surface area (Å²) in [4.78, 5) is 18.0. The number of rotatable bonds is 9. The lowest BCUT2D eigenvalue weighted by atomic mass is 10.3. The first-order valence-corrected chi connectivity index (χ1v) is 9.43. The molecule has 0 atom stereocenters. The molecular formula is C20H27ClN4O2. The molecule has 1 aromatic carbocycles. The van der Waals surface area contributed by atoms with Crippen molar-refractivity contribution in [2.75, 3.05) is 33.8 Å². The third-order valence-electron chi connectivity index (χ3n) is 4.09. The van der Waals surface area contributed by atoms with Gasteiger partial charge in [0.2, 0.25) is 5.56 Å². The summed E-state index contributed by atoms with van der Waals surface area (Å²) in [5.41, 5.74) is 0.0432. The van der Waals surface area contributed by atoms with Gasteiger partial charge in [0, 0.05) is 44.5 Å². The first-order valence-electron chi connectivity index (χ1n) is 9.06. The van der Waals surface area contributed by atoms with Crippen molar-refractivity contribution in [2.24, 2.45) is 4.99 Å². The topological polar surface area (TPSA) is 58.9 Å². The number of aromatic nitrogens is 1. The van der Waals surface area contributed by atoms with Gasteiger partial charge in [0.05, 0.1) is 6.54 Å². The number of halogens is 1. The van der Waals surface area contributed by atoms with Gasteiger partial charge in [-0.15, -0.1) is 0 Å². The Morgan fingerprint density at radius 1 is 1.22 bits per heavy atom. The first kappa shape index (κ1) is 20.8. The molecule has 1 N–H and O–H groups in total. The average molecular weight is 391 g/mol. The predicted molar refractivity (Wildman–Crippen MR) is 111 cm³/mol. The van der Waals surface area contributed by atoms with Gasteiger partial charge in [0.25, 0.3) is 0 Å². The maximum Gasteiger partial charge on any atom is 0.250 e. The molecule has 0 aliphatic heterocycles. The summed E-state index contributed by atoms with van der Waals surface area (Å²) in [5.74, 6) is 1.62. The van der Waals surface area contributed by atoms with E-state index in [1.165, 1.54) is 0 Å². The second-order valence-electron chi connectivity index (χ2n) is 6.14. The SMILES string of the molecule is CN=C(NCCCCn1ccccc1=O)N(C)CCOc1ccc(Cl)cc1. The van der Waals surface area contributed by atoms with E-state index in [0.29, 0.717) is 18.2 Å². The molecule has 0 amide bonds. The van der Waals surface area contributed by atoms with Crippen LogP contribution in [0.15, 0.2) is 58.4 Å². The standard InChI is InChI=1S/C20H27ClN4O2/c1-22-20(23-12-4-6-14-25-13-5-3-7-19(25)26)24(2)15-16-27-18-10-8-17(21)9-11-18/h3,5,7-11,13H,4,6,12,14-16H2,1-2H3,(H,22,23). The van der Waals surface area contributed by atoms with Crippen LogP contribution in [-0.2, 0) is 6.54 Å². The summed E-state index contributed by atoms with van der Waals surface area (Å²) in [5, 5.41) is 4.04. The Hall–Kier alpha value is -2.47. The van der Waals surface area contributed by atoms with E-state index in [0.717, 1.165) is 37.6 Å². The second-order valence-corrected chi connectivity index (χ2v) is 6.57. The number of likely N-dealkylation sites (N-methyl/N-ethyl adjacent to an activating group) is 1. The highest BCUT2D eigenvalue weighted by Crippen LogP contribution is 2.15. The number of nitrogens with one attached hydrogen (secondary N) is 1. The third-order valence-corrected chi connectivity index (χ3v) is 4.34. The van der Waals surface area contributed by atoms with Crippen LogP contribution in [0.2, 0.25) is 5.02 Å². The van der Waals surface area contributed by atoms with Crippen molar-refractivity contribution in [3.63, 3.8) is 0 Å². The molecule has 0 saturated heterocycles. The minimum Gasteiger partial charge on any atom is -0.492 e. The zero-order valence-corrected chi connectivity index (χ0v) is 16.7. The van der Waals surface area contributed by atoms with Crippen molar-refractivity contribution in [1.29, 1.82) is 0 Å². The van der Waals surface area contributed by atoms with Crippen LogP contribution in [0.3, 0.4) is 0 Å². The molecule has 1 heterocycles. The first-order chi connectivity index (χ1) is 13.1. The summed E-state index contributed by atoms with van der Waals surface area (Å²) in [6.07, 6.45) is 3.70. The number of pyridine rings is 1. The number of hydrogen-bond acceptors (Lipinski definition) is 3. The van der Waals surface area contributed by atoms with Gasteiger partial charge >= 0.3 is 0 Å². The molecule has 146 valence electrons. The van der Waals surface area contributed by atoms with Crippen molar-refractivity contribution < 1.29 is 4.74 Å². The predicted octanol–water partition coefficient (Wildman–Crippen LogP) is 2.87. The van der Waals surface area contributed by atoms with Gasteiger partial charge in [0.1, 0.15) is 12.4 Å². The van der Waals surface area contributed by atoms with Crippen molar-refractivity contribution in [3.05, 3.63) is 64.0 Å². The third kappa shape index (κ3) is 7.35. The van der Waals surface area contributed by atoms with E-state index in [9.17, 15) is 4.79 Å². The van der Waals surface area contributed by atoms with Crippen LogP contribution in [0.1, 0.15) is 12.8 Å². The van der Waals surface area contributed by atoms with Crippen LogP contribution >= 0.6 is 11.6 Å². The quantitative estimate of drug-likeness (QED) is 0.406. The minimum atomic E-state index is 0.0432. The molecule has 0 spiro atoms. The lowest BCUT2D eigenvalue weighted by Gasteiger charge is -2.22. The molecule has 0 radical (unpaired) electrons. The molecule has 7 heteroatoms. The average Bonchev–Trinajstić information content (AvgIpc) is 2.67. The largest absolute Gasteiger partial charge is 0.492 e. The van der Waals surface area contributed by atoms with Gasteiger partial charge in [-0.2, -0.15) is 0 Å². The van der Waals surface area contributed by atoms with Crippen molar-refractivity contribution in [3.8, 4) is 5.75 Å². The molecule has 2 aromatic rings. The zero-order valence-electron chi connectivity index (χ0n) is 15.9. The summed E-state index contributed by atoms with van der Waals surface area (Å²) in [6, 6.07) is 12.6. The lowest BCUT2D eigenvalue weighted by Crippen LogP contribution is -2.41. The maximum atomic E-state index is 11.6. The molecule has 27 heavy (non-hydrogen) atoms. The molecule has 1 aromatic heterocycles. The van der Waals surface area contributed by atoms with E-state index in [4.69, 9.17) is 16.3 Å². The van der Waals surface area contributed by atoms with Crippen LogP contribution in [0, 0.1) is 0 Å². The van der Waals surface area contributed by atoms with Gasteiger partial charge in [-0.3, -0.25) is 9.79 Å². The van der Waals surface area contributed by atoms with Gasteiger partial charge in [0.15, 0.2) is 5.96 Å². The van der Waals surface area contributed by atoms with E-state index in [-0.39, 0.29) is 5.56 Å². The van der Waals surface area contributed by atoms with E-state index in [1.54, 1.807) is 23.7 Å². The molecule has 0 unspecified atom stereocenters. The van der Waals surface area contributed by atoms with Crippen LogP contribution in [-0.4, -0.2) is 49.2 Å². The molecule has 0 aliphatic carbocycles. The highest BCUT2D eigenvalue weighted by molar-refractivity contribution is 6.30. The number of ether oxygens (including phenoxy) is 1. The lowest BCUT2D eigenvalue weighted by molar-refractivity contribution is 0.281. The van der Waals surface area contributed by atoms with E-state index in [1.807, 2.05) is 48.5 Å². The fourth-order valence-electron chi connectivity index (χ4n) is 2.57. The Morgan fingerprint density at radius 3 is 2.70 bits per heavy atom. The smallest absolute Gasteiger partial charge is 0.250 e. The molecule has 6 nitrogen and oxygen atoms in total. The normalized spacial score (nSPS) is 11.3. The van der Waals surface area contributed by atoms with Crippen molar-refractivity contribution >= 4 is 17.6 Å². The van der Waals surface area contributed by atoms with E-state index < -0.39 is 0 Å². The Balaban J connectivity index is 1.64. The van der Waals surface area contributed by atoms with Gasteiger partial charge < -0.3 is 19.5 Å². The zero-order chi connectivity index (χ0) is 19.5. The number of aryl methyl sites for hydroxylation is 1. The van der Waals surface area contributed by atoms with Gasteiger partial charge in [-0.05, 0) is 43.2 Å². The molecule has 0 saturated carbocycles. The highest BCUT2D eigenvalue weighted by Gasteiger charge is 2.05. The molecule has 2 rings (SSSR count). The molecule has 0 bridgehead atoms. The number of unbranched alkanes of at least 4 members (excludes halogenated alkanes) is 1. The van der Waals surface area contributed by atoms with Crippen LogP contribution < -0.4 is 15.6 Å². The Morgan fingerprint density at radius 2 is 2.00 bits per heavy atom. The fourth-order valence-corrected chi connectivity index (χ4v) is 2.70. The summed E-state index contributed by atoms with van der Waals surface area (Å²) in [7, 11) is 3.74. The van der Waals surface area contributed by atoms with Crippen LogP contribution in [0.25, 0.3) is 0 Å². The molecular weight excluding hydrogens is 364 g/mol. The summed E-state index contributed by atoms with van der Waals surface area (Å²) in [6.45, 7) is 2.79. The van der Waals surface area contributed by atoms with Crippen molar-refractivity contribution in [1.82, 2.24) is 14.8 Å². The summed E-state index contributed by atoms with van der Waals surface area (Å²) < 4.78 is 7.45. The van der Waals surface area contributed by atoms with Crippen molar-refractivity contribution in [2.45, 2.75) is 19.4 Å². The number of nitrogens with zero attached hydrogens (tertiary/aromatic N) is 3. The number of aliphatic imine (C=N–C) groups is 1. The second kappa shape index (κ2) is 11.3. The van der Waals surface area contributed by atoms with Crippen LogP contribution in [0.5, 0.6) is 5.75 Å². The van der Waals surface area contributed by atoms with E-state index >= 15 is 0 Å². The highest BCUT2D eigenvalue weighted by atomic mass is 35.5. The number of benzene rings is 1. The van der Waals surface area contributed by atoms with Crippen LogP contribution in [0.4, 0.5) is 0 Å². The fraction of sp³-hybridized carbons (Fsp3) is 0.400. The molecule has 0 aliphatic rings. The Kier molecular flexibility index (Phi) is 8.71. The minimum absolute atomic E-state index is 0.0432. The van der Waals surface area contributed by atoms with E-state index in [2.05, 4.69) is 10.3 Å². The van der Waals surface area contributed by atoms with Gasteiger partial charge in [-0.1, -0.05) is 17.7 Å². The Bertz CT molecular complexity index is 774. The number of guanidine groups is 1. The maximum absolute atomic E-state index is 11.6.